The molecule has 1 heterocycles. The first-order valence-corrected chi connectivity index (χ1v) is 8.74. The van der Waals surface area contributed by atoms with Crippen LogP contribution < -0.4 is 16.1 Å². The van der Waals surface area contributed by atoms with Crippen molar-refractivity contribution in [3.63, 3.8) is 0 Å². The van der Waals surface area contributed by atoms with Gasteiger partial charge in [-0.3, -0.25) is 4.79 Å². The van der Waals surface area contributed by atoms with Crippen molar-refractivity contribution >= 4 is 21.9 Å². The first-order valence-electron chi connectivity index (χ1n) is 7.18. The number of rotatable bonds is 5. The summed E-state index contributed by atoms with van der Waals surface area (Å²) in [5, 5.41) is -0.160. The highest BCUT2D eigenvalue weighted by atomic mass is 32.2. The first kappa shape index (κ1) is 19.2. The fourth-order valence-electron chi connectivity index (χ4n) is 2.41. The van der Waals surface area contributed by atoms with Gasteiger partial charge in [0.2, 0.25) is 0 Å². The van der Waals surface area contributed by atoms with Crippen molar-refractivity contribution in [1.29, 1.82) is 0 Å². The SMILES string of the molecule is CCOC(C)c1cc2c(=O)n(NS(C)=O)c(=O)[nH]c2cc1C(F)(F)F. The number of fused-ring (bicyclic) bond motifs is 1. The van der Waals surface area contributed by atoms with Gasteiger partial charge in [-0.1, -0.05) is 0 Å². The van der Waals surface area contributed by atoms with Gasteiger partial charge >= 0.3 is 11.9 Å². The molecule has 11 heteroatoms. The van der Waals surface area contributed by atoms with Crippen molar-refractivity contribution in [2.75, 3.05) is 17.7 Å². The van der Waals surface area contributed by atoms with Crippen LogP contribution in [0.1, 0.15) is 31.1 Å². The number of hydrogen-bond acceptors (Lipinski definition) is 4. The molecule has 2 rings (SSSR count). The zero-order chi connectivity index (χ0) is 18.9. The summed E-state index contributed by atoms with van der Waals surface area (Å²) in [6.45, 7) is 3.25. The fraction of sp³-hybridized carbons (Fsp3) is 0.429. The topological polar surface area (TPSA) is 93.2 Å². The van der Waals surface area contributed by atoms with E-state index in [0.29, 0.717) is 10.7 Å². The third-order valence-electron chi connectivity index (χ3n) is 3.45. The molecule has 0 aliphatic rings. The summed E-state index contributed by atoms with van der Waals surface area (Å²) >= 11 is 0. The maximum atomic E-state index is 13.3. The van der Waals surface area contributed by atoms with Gasteiger partial charge in [0.1, 0.15) is 11.0 Å². The van der Waals surface area contributed by atoms with Crippen molar-refractivity contribution in [3.8, 4) is 0 Å². The van der Waals surface area contributed by atoms with Gasteiger partial charge < -0.3 is 9.72 Å². The molecule has 1 aromatic carbocycles. The van der Waals surface area contributed by atoms with Crippen LogP contribution in [-0.2, 0) is 21.9 Å². The van der Waals surface area contributed by atoms with Crippen molar-refractivity contribution < 1.29 is 22.1 Å². The van der Waals surface area contributed by atoms with Crippen LogP contribution in [0.3, 0.4) is 0 Å². The van der Waals surface area contributed by atoms with Gasteiger partial charge in [0.15, 0.2) is 0 Å². The smallest absolute Gasteiger partial charge is 0.374 e. The molecule has 0 bridgehead atoms. The van der Waals surface area contributed by atoms with Crippen molar-refractivity contribution in [3.05, 3.63) is 44.1 Å². The number of halogens is 3. The second-order valence-electron chi connectivity index (χ2n) is 5.20. The number of nitrogens with zero attached hydrogens (tertiary/aromatic N) is 1. The molecule has 2 aromatic rings. The monoisotopic (exact) mass is 379 g/mol. The van der Waals surface area contributed by atoms with Crippen LogP contribution in [0, 0.1) is 0 Å². The molecule has 25 heavy (non-hydrogen) atoms. The molecule has 0 aliphatic carbocycles. The molecule has 0 saturated heterocycles. The van der Waals surface area contributed by atoms with Crippen LogP contribution in [-0.4, -0.2) is 26.7 Å². The van der Waals surface area contributed by atoms with Gasteiger partial charge in [-0.05, 0) is 31.5 Å². The molecule has 0 spiro atoms. The van der Waals surface area contributed by atoms with Crippen molar-refractivity contribution in [1.82, 2.24) is 9.66 Å². The third-order valence-corrected chi connectivity index (χ3v) is 3.89. The van der Waals surface area contributed by atoms with E-state index < -0.39 is 40.1 Å². The Labute approximate surface area is 142 Å². The lowest BCUT2D eigenvalue weighted by Gasteiger charge is -2.19. The lowest BCUT2D eigenvalue weighted by atomic mass is 10.00. The summed E-state index contributed by atoms with van der Waals surface area (Å²) in [7, 11) is -1.73. The van der Waals surface area contributed by atoms with E-state index in [-0.39, 0.29) is 23.1 Å². The molecule has 7 nitrogen and oxygen atoms in total. The Bertz CT molecular complexity index is 936. The average Bonchev–Trinajstić information content (AvgIpc) is 2.49. The minimum atomic E-state index is -4.69. The molecule has 0 radical (unpaired) electrons. The van der Waals surface area contributed by atoms with Gasteiger partial charge in [-0.15, -0.1) is 0 Å². The molecule has 0 aliphatic heterocycles. The standard InChI is InChI=1S/C14H16F3N3O4S/c1-4-24-7(2)8-5-9-11(6-10(8)14(15,16)17)18-13(22)20(12(9)21)19-25(3)23/h5-7,19H,4H2,1-3H3,(H,18,22). The van der Waals surface area contributed by atoms with E-state index in [9.17, 15) is 27.0 Å². The molecular formula is C14H16F3N3O4S. The summed E-state index contributed by atoms with van der Waals surface area (Å²) in [5.41, 5.74) is -3.43. The van der Waals surface area contributed by atoms with Crippen LogP contribution in [0.4, 0.5) is 13.2 Å². The summed E-state index contributed by atoms with van der Waals surface area (Å²) < 4.78 is 56.9. The van der Waals surface area contributed by atoms with Gasteiger partial charge in [-0.25, -0.2) is 13.8 Å². The number of aromatic nitrogens is 2. The van der Waals surface area contributed by atoms with Crippen LogP contribution in [0.2, 0.25) is 0 Å². The normalized spacial score (nSPS) is 14.5. The summed E-state index contributed by atoms with van der Waals surface area (Å²) in [4.78, 5) is 28.6. The van der Waals surface area contributed by atoms with E-state index in [4.69, 9.17) is 4.74 Å². The number of aromatic amines is 1. The number of H-pyrrole nitrogens is 1. The summed E-state index contributed by atoms with van der Waals surface area (Å²) in [6, 6.07) is 1.74. The lowest BCUT2D eigenvalue weighted by Crippen LogP contribution is -2.41. The maximum Gasteiger partial charge on any atom is 0.416 e. The maximum absolute atomic E-state index is 13.3. The predicted octanol–water partition coefficient (Wildman–Crippen LogP) is 1.64. The van der Waals surface area contributed by atoms with Crippen molar-refractivity contribution in [2.45, 2.75) is 26.1 Å². The van der Waals surface area contributed by atoms with E-state index in [1.165, 1.54) is 13.2 Å². The zero-order valence-electron chi connectivity index (χ0n) is 13.6. The number of nitrogens with one attached hydrogen (secondary N) is 2. The molecule has 0 amide bonds. The molecule has 2 unspecified atom stereocenters. The van der Waals surface area contributed by atoms with Crippen LogP contribution in [0.5, 0.6) is 0 Å². The lowest BCUT2D eigenvalue weighted by molar-refractivity contribution is -0.139. The van der Waals surface area contributed by atoms with Crippen LogP contribution >= 0.6 is 0 Å². The predicted molar refractivity (Wildman–Crippen MR) is 87.3 cm³/mol. The quantitative estimate of drug-likeness (QED) is 0.826. The molecule has 2 atom stereocenters. The Balaban J connectivity index is 2.84. The Morgan fingerprint density at radius 1 is 1.36 bits per heavy atom. The first-order chi connectivity index (χ1) is 11.6. The molecule has 2 N–H and O–H groups in total. The highest BCUT2D eigenvalue weighted by Gasteiger charge is 2.35. The van der Waals surface area contributed by atoms with Gasteiger partial charge in [0.25, 0.3) is 5.56 Å². The number of ether oxygens (including phenoxy) is 1. The second-order valence-corrected chi connectivity index (χ2v) is 6.29. The fourth-order valence-corrected chi connectivity index (χ4v) is 2.84. The molecule has 0 saturated carbocycles. The molecule has 138 valence electrons. The van der Waals surface area contributed by atoms with E-state index in [0.717, 1.165) is 6.07 Å². The van der Waals surface area contributed by atoms with Crippen molar-refractivity contribution in [2.24, 2.45) is 0 Å². The molecule has 1 aromatic heterocycles. The van der Waals surface area contributed by atoms with E-state index in [1.807, 2.05) is 0 Å². The Morgan fingerprint density at radius 3 is 2.52 bits per heavy atom. The van der Waals surface area contributed by atoms with Crippen LogP contribution in [0.15, 0.2) is 21.7 Å². The number of alkyl halides is 3. The Kier molecular flexibility index (Phi) is 5.37. The molecule has 0 fully saturated rings. The zero-order valence-corrected chi connectivity index (χ0v) is 14.4. The highest BCUT2D eigenvalue weighted by molar-refractivity contribution is 7.85. The Hall–Kier alpha value is -2.14. The van der Waals surface area contributed by atoms with E-state index in [2.05, 4.69) is 9.82 Å². The average molecular weight is 379 g/mol. The Morgan fingerprint density at radius 2 is 2.00 bits per heavy atom. The highest BCUT2D eigenvalue weighted by Crippen LogP contribution is 2.37. The number of hydrogen-bond donors (Lipinski definition) is 2. The van der Waals surface area contributed by atoms with Gasteiger partial charge in [0, 0.05) is 12.9 Å². The minimum Gasteiger partial charge on any atom is -0.374 e. The number of benzene rings is 1. The third kappa shape index (κ3) is 3.93. The van der Waals surface area contributed by atoms with Gasteiger partial charge in [-0.2, -0.15) is 17.8 Å². The van der Waals surface area contributed by atoms with E-state index in [1.54, 1.807) is 6.92 Å². The summed E-state index contributed by atoms with van der Waals surface area (Å²) in [6.07, 6.45) is -4.41. The minimum absolute atomic E-state index is 0.160. The largest absolute Gasteiger partial charge is 0.416 e. The van der Waals surface area contributed by atoms with Crippen LogP contribution in [0.25, 0.3) is 10.9 Å². The molecular weight excluding hydrogens is 363 g/mol. The van der Waals surface area contributed by atoms with Gasteiger partial charge in [0.05, 0.1) is 22.6 Å². The second kappa shape index (κ2) is 7.00. The summed E-state index contributed by atoms with van der Waals surface area (Å²) in [5.74, 6) is 0. The van der Waals surface area contributed by atoms with E-state index >= 15 is 0 Å².